The molecule has 0 radical (unpaired) electrons. The van der Waals surface area contributed by atoms with Crippen molar-refractivity contribution in [2.24, 2.45) is 11.8 Å². The second-order valence-corrected chi connectivity index (χ2v) is 4.95. The minimum absolute atomic E-state index is 0.596. The first-order chi connectivity index (χ1) is 7.65. The van der Waals surface area contributed by atoms with Crippen LogP contribution in [0.3, 0.4) is 0 Å². The molecule has 0 saturated heterocycles. The minimum Gasteiger partial charge on any atom is -0.466 e. The summed E-state index contributed by atoms with van der Waals surface area (Å²) in [7, 11) is 0. The molecule has 0 N–H and O–H groups in total. The maximum absolute atomic E-state index is 5.95. The highest BCUT2D eigenvalue weighted by Gasteiger charge is 2.15. The van der Waals surface area contributed by atoms with Crippen molar-refractivity contribution < 1.29 is 4.74 Å². The van der Waals surface area contributed by atoms with E-state index in [4.69, 9.17) is 4.74 Å². The van der Waals surface area contributed by atoms with Crippen LogP contribution < -0.4 is 0 Å². The summed E-state index contributed by atoms with van der Waals surface area (Å²) in [4.78, 5) is 0. The molecule has 86 valence electrons. The minimum atomic E-state index is 0.596. The molecule has 1 heteroatoms. The third-order valence-corrected chi connectivity index (χ3v) is 3.32. The Morgan fingerprint density at radius 1 is 1.06 bits per heavy atom. The molecule has 2 aliphatic rings. The Morgan fingerprint density at radius 3 is 2.50 bits per heavy atom. The van der Waals surface area contributed by atoms with Gasteiger partial charge >= 0.3 is 0 Å². The van der Waals surface area contributed by atoms with Crippen molar-refractivity contribution >= 4 is 0 Å². The zero-order valence-electron chi connectivity index (χ0n) is 10.4. The molecule has 2 rings (SSSR count). The second-order valence-electron chi connectivity index (χ2n) is 4.95. The molecule has 0 heterocycles. The molecule has 0 fully saturated rings. The molecule has 0 spiro atoms. The number of allylic oxidation sites excluding steroid dienone is 8. The van der Waals surface area contributed by atoms with Crippen LogP contribution in [0.5, 0.6) is 0 Å². The summed E-state index contributed by atoms with van der Waals surface area (Å²) >= 11 is 0. The molecule has 0 amide bonds. The Balaban J connectivity index is 2.01. The lowest BCUT2D eigenvalue weighted by molar-refractivity contribution is 0.257. The van der Waals surface area contributed by atoms with Gasteiger partial charge < -0.3 is 4.74 Å². The normalized spacial score (nSPS) is 29.3. The van der Waals surface area contributed by atoms with Crippen molar-refractivity contribution in [1.29, 1.82) is 0 Å². The molecule has 1 nitrogen and oxygen atoms in total. The van der Waals surface area contributed by atoms with E-state index in [-0.39, 0.29) is 0 Å². The molecule has 16 heavy (non-hydrogen) atoms. The number of hydrogen-bond donors (Lipinski definition) is 0. The zero-order chi connectivity index (χ0) is 11.5. The largest absolute Gasteiger partial charge is 0.466 e. The molecule has 2 atom stereocenters. The predicted octanol–water partition coefficient (Wildman–Crippen LogP) is 4.35. The van der Waals surface area contributed by atoms with E-state index in [1.54, 1.807) is 0 Å². The third kappa shape index (κ3) is 2.66. The van der Waals surface area contributed by atoms with E-state index >= 15 is 0 Å². The van der Waals surface area contributed by atoms with Crippen LogP contribution >= 0.6 is 0 Å². The maximum atomic E-state index is 5.95. The fraction of sp³-hybridized carbons (Fsp3) is 0.467. The van der Waals surface area contributed by atoms with E-state index in [1.807, 2.05) is 0 Å². The van der Waals surface area contributed by atoms with Gasteiger partial charge in [0.1, 0.15) is 11.5 Å². The summed E-state index contributed by atoms with van der Waals surface area (Å²) in [6.45, 7) is 6.65. The highest BCUT2D eigenvalue weighted by atomic mass is 16.5. The monoisotopic (exact) mass is 216 g/mol. The van der Waals surface area contributed by atoms with Gasteiger partial charge in [0.15, 0.2) is 0 Å². The molecule has 0 aromatic carbocycles. The van der Waals surface area contributed by atoms with Gasteiger partial charge in [0.25, 0.3) is 0 Å². The standard InChI is InChI=1S/C15H20O/c1-11-5-4-6-14(9-11)16-15-8-7-12(2)13(3)10-15/h4-8,11,13H,9-10H2,1-3H3. The molecule has 0 aromatic heterocycles. The lowest BCUT2D eigenvalue weighted by Crippen LogP contribution is -2.07. The second kappa shape index (κ2) is 4.73. The summed E-state index contributed by atoms with van der Waals surface area (Å²) in [5.41, 5.74) is 1.44. The fourth-order valence-corrected chi connectivity index (χ4v) is 2.05. The first-order valence-electron chi connectivity index (χ1n) is 6.07. The zero-order valence-corrected chi connectivity index (χ0v) is 10.4. The van der Waals surface area contributed by atoms with Crippen LogP contribution in [0.4, 0.5) is 0 Å². The van der Waals surface area contributed by atoms with Crippen molar-refractivity contribution in [2.45, 2.75) is 33.6 Å². The summed E-state index contributed by atoms with van der Waals surface area (Å²) in [5.74, 6) is 3.41. The van der Waals surface area contributed by atoms with Gasteiger partial charge in [-0.1, -0.05) is 37.6 Å². The highest BCUT2D eigenvalue weighted by molar-refractivity contribution is 5.24. The molecular weight excluding hydrogens is 196 g/mol. The average Bonchev–Trinajstić information content (AvgIpc) is 2.24. The van der Waals surface area contributed by atoms with Gasteiger partial charge in [-0.2, -0.15) is 0 Å². The molecule has 0 aliphatic heterocycles. The van der Waals surface area contributed by atoms with Crippen molar-refractivity contribution in [1.82, 2.24) is 0 Å². The topological polar surface area (TPSA) is 9.23 Å². The molecule has 0 bridgehead atoms. The van der Waals surface area contributed by atoms with E-state index in [0.717, 1.165) is 24.4 Å². The molecule has 2 unspecified atom stereocenters. The van der Waals surface area contributed by atoms with Crippen molar-refractivity contribution in [3.63, 3.8) is 0 Å². The lowest BCUT2D eigenvalue weighted by Gasteiger charge is -2.22. The molecule has 0 saturated carbocycles. The lowest BCUT2D eigenvalue weighted by atomic mass is 9.93. The Labute approximate surface area is 98.2 Å². The van der Waals surface area contributed by atoms with Gasteiger partial charge in [-0.3, -0.25) is 0 Å². The summed E-state index contributed by atoms with van der Waals surface area (Å²) < 4.78 is 5.95. The highest BCUT2D eigenvalue weighted by Crippen LogP contribution is 2.29. The van der Waals surface area contributed by atoms with Crippen molar-refractivity contribution in [3.8, 4) is 0 Å². The van der Waals surface area contributed by atoms with Gasteiger partial charge in [-0.25, -0.2) is 0 Å². The smallest absolute Gasteiger partial charge is 0.104 e. The predicted molar refractivity (Wildman–Crippen MR) is 67.7 cm³/mol. The van der Waals surface area contributed by atoms with Gasteiger partial charge in [0, 0.05) is 12.8 Å². The Morgan fingerprint density at radius 2 is 1.81 bits per heavy atom. The number of rotatable bonds is 2. The quantitative estimate of drug-likeness (QED) is 0.666. The summed E-state index contributed by atoms with van der Waals surface area (Å²) in [6.07, 6.45) is 12.7. The van der Waals surface area contributed by atoms with Crippen molar-refractivity contribution in [2.75, 3.05) is 0 Å². The first kappa shape index (κ1) is 11.3. The SMILES string of the molecule is CC1=CC=C(OC2=CC=CC(C)C2)CC1C. The number of hydrogen-bond acceptors (Lipinski definition) is 1. The van der Waals surface area contributed by atoms with Gasteiger partial charge in [-0.15, -0.1) is 0 Å². The van der Waals surface area contributed by atoms with E-state index in [0.29, 0.717) is 11.8 Å². The van der Waals surface area contributed by atoms with Crippen LogP contribution in [0.15, 0.2) is 47.5 Å². The van der Waals surface area contributed by atoms with Crippen LogP contribution in [-0.4, -0.2) is 0 Å². The fourth-order valence-electron chi connectivity index (χ4n) is 2.05. The average molecular weight is 216 g/mol. The third-order valence-electron chi connectivity index (χ3n) is 3.32. The van der Waals surface area contributed by atoms with Crippen LogP contribution in [-0.2, 0) is 4.74 Å². The van der Waals surface area contributed by atoms with Crippen molar-refractivity contribution in [3.05, 3.63) is 47.5 Å². The van der Waals surface area contributed by atoms with Crippen LogP contribution in [0.25, 0.3) is 0 Å². The summed E-state index contributed by atoms with van der Waals surface area (Å²) in [5, 5.41) is 0. The summed E-state index contributed by atoms with van der Waals surface area (Å²) in [6, 6.07) is 0. The number of ether oxygens (including phenoxy) is 1. The van der Waals surface area contributed by atoms with Gasteiger partial charge in [0.2, 0.25) is 0 Å². The molecule has 2 aliphatic carbocycles. The maximum Gasteiger partial charge on any atom is 0.104 e. The van der Waals surface area contributed by atoms with E-state index in [9.17, 15) is 0 Å². The van der Waals surface area contributed by atoms with E-state index in [2.05, 4.69) is 51.2 Å². The first-order valence-corrected chi connectivity index (χ1v) is 6.07. The van der Waals surface area contributed by atoms with E-state index in [1.165, 1.54) is 5.57 Å². The molecular formula is C15H20O. The Kier molecular flexibility index (Phi) is 3.33. The van der Waals surface area contributed by atoms with Crippen LogP contribution in [0, 0.1) is 11.8 Å². The Bertz CT molecular complexity index is 382. The van der Waals surface area contributed by atoms with E-state index < -0.39 is 0 Å². The Hall–Kier alpha value is -1.24. The van der Waals surface area contributed by atoms with Crippen LogP contribution in [0.2, 0.25) is 0 Å². The van der Waals surface area contributed by atoms with Crippen LogP contribution in [0.1, 0.15) is 33.6 Å². The van der Waals surface area contributed by atoms with Gasteiger partial charge in [-0.05, 0) is 30.9 Å². The molecule has 0 aromatic rings. The van der Waals surface area contributed by atoms with Gasteiger partial charge in [0.05, 0.1) is 0 Å².